The van der Waals surface area contributed by atoms with Gasteiger partial charge in [0.25, 0.3) is 0 Å². The summed E-state index contributed by atoms with van der Waals surface area (Å²) in [5.41, 5.74) is -0.738. The minimum absolute atomic E-state index is 0.338. The molecule has 5 heteroatoms. The van der Waals surface area contributed by atoms with Crippen molar-refractivity contribution < 1.29 is 14.6 Å². The Bertz CT molecular complexity index is 312. The monoisotopic (exact) mass is 300 g/mol. The number of hydrogen-bond acceptors (Lipinski definition) is 4. The molecule has 5 nitrogen and oxygen atoms in total. The smallest absolute Gasteiger partial charge is 0.323 e. The van der Waals surface area contributed by atoms with Crippen molar-refractivity contribution in [2.45, 2.75) is 64.5 Å². The second-order valence-electron chi connectivity index (χ2n) is 5.89. The third-order valence-electron chi connectivity index (χ3n) is 4.50. The van der Waals surface area contributed by atoms with E-state index in [1.807, 2.05) is 6.92 Å². The zero-order valence-electron chi connectivity index (χ0n) is 13.9. The first-order valence-electron chi connectivity index (χ1n) is 8.39. The van der Waals surface area contributed by atoms with Crippen molar-refractivity contribution in [3.8, 4) is 0 Å². The summed E-state index contributed by atoms with van der Waals surface area (Å²) in [5.74, 6) is -0.693. The van der Waals surface area contributed by atoms with Gasteiger partial charge in [-0.3, -0.25) is 9.69 Å². The number of carbonyl (C=O) groups is 1. The van der Waals surface area contributed by atoms with E-state index in [2.05, 4.69) is 24.1 Å². The van der Waals surface area contributed by atoms with Gasteiger partial charge in [-0.1, -0.05) is 13.8 Å². The summed E-state index contributed by atoms with van der Waals surface area (Å²) in [6.45, 7) is 10.3. The third-order valence-corrected chi connectivity index (χ3v) is 4.50. The Morgan fingerprint density at radius 1 is 1.43 bits per heavy atom. The highest BCUT2D eigenvalue weighted by atomic mass is 16.5. The van der Waals surface area contributed by atoms with Crippen molar-refractivity contribution in [3.63, 3.8) is 0 Å². The fraction of sp³-hybridized carbons (Fsp3) is 0.938. The summed E-state index contributed by atoms with van der Waals surface area (Å²) in [5, 5.41) is 13.0. The lowest BCUT2D eigenvalue weighted by molar-refractivity contribution is -0.147. The Hall–Kier alpha value is -0.650. The minimum Gasteiger partial charge on any atom is -0.480 e. The molecular weight excluding hydrogens is 268 g/mol. The Kier molecular flexibility index (Phi) is 8.22. The van der Waals surface area contributed by atoms with Gasteiger partial charge in [-0.05, 0) is 52.1 Å². The first-order chi connectivity index (χ1) is 10.1. The standard InChI is InChI=1S/C16H32N2O3/c1-4-10-17-16(15(19)20)9-7-8-14(13-16)18(5-2)11-12-21-6-3/h14,17H,4-13H2,1-3H3,(H,19,20). The maximum Gasteiger partial charge on any atom is 0.323 e. The fourth-order valence-corrected chi connectivity index (χ4v) is 3.28. The van der Waals surface area contributed by atoms with Crippen LogP contribution in [0.5, 0.6) is 0 Å². The summed E-state index contributed by atoms with van der Waals surface area (Å²) in [6.07, 6.45) is 4.45. The Balaban J connectivity index is 2.68. The predicted octanol–water partition coefficient (Wildman–Crippen LogP) is 2.11. The molecule has 0 amide bonds. The molecule has 0 bridgehead atoms. The maximum atomic E-state index is 11.8. The normalized spacial score (nSPS) is 26.2. The largest absolute Gasteiger partial charge is 0.480 e. The van der Waals surface area contributed by atoms with Gasteiger partial charge in [-0.25, -0.2) is 0 Å². The second-order valence-corrected chi connectivity index (χ2v) is 5.89. The minimum atomic E-state index is -0.738. The summed E-state index contributed by atoms with van der Waals surface area (Å²) in [4.78, 5) is 14.2. The molecule has 2 atom stereocenters. The van der Waals surface area contributed by atoms with Crippen LogP contribution >= 0.6 is 0 Å². The molecule has 0 aromatic heterocycles. The zero-order valence-corrected chi connectivity index (χ0v) is 13.9. The number of nitrogens with one attached hydrogen (secondary N) is 1. The summed E-state index contributed by atoms with van der Waals surface area (Å²) < 4.78 is 5.45. The van der Waals surface area contributed by atoms with Crippen LogP contribution in [0.2, 0.25) is 0 Å². The average Bonchev–Trinajstić information content (AvgIpc) is 2.49. The number of likely N-dealkylation sites (N-methyl/N-ethyl adjacent to an activating group) is 1. The van der Waals surface area contributed by atoms with Gasteiger partial charge in [0.05, 0.1) is 6.61 Å². The molecular formula is C16H32N2O3. The van der Waals surface area contributed by atoms with Crippen LogP contribution in [0.25, 0.3) is 0 Å². The summed E-state index contributed by atoms with van der Waals surface area (Å²) in [6, 6.07) is 0.338. The molecule has 2 unspecified atom stereocenters. The van der Waals surface area contributed by atoms with Crippen LogP contribution in [0.1, 0.15) is 52.9 Å². The molecule has 124 valence electrons. The lowest BCUT2D eigenvalue weighted by Gasteiger charge is -2.42. The van der Waals surface area contributed by atoms with Gasteiger partial charge in [0, 0.05) is 19.2 Å². The van der Waals surface area contributed by atoms with E-state index in [0.29, 0.717) is 12.5 Å². The van der Waals surface area contributed by atoms with E-state index in [-0.39, 0.29) is 0 Å². The van der Waals surface area contributed by atoms with Crippen LogP contribution in [0.15, 0.2) is 0 Å². The molecule has 0 aromatic carbocycles. The lowest BCUT2D eigenvalue weighted by Crippen LogP contribution is -2.58. The Morgan fingerprint density at radius 2 is 2.19 bits per heavy atom. The van der Waals surface area contributed by atoms with Crippen molar-refractivity contribution in [1.82, 2.24) is 10.2 Å². The molecule has 1 aliphatic rings. The van der Waals surface area contributed by atoms with Gasteiger partial charge < -0.3 is 15.2 Å². The Morgan fingerprint density at radius 3 is 2.76 bits per heavy atom. The lowest BCUT2D eigenvalue weighted by atomic mass is 9.78. The van der Waals surface area contributed by atoms with Gasteiger partial charge in [-0.15, -0.1) is 0 Å². The number of rotatable bonds is 10. The number of hydrogen-bond donors (Lipinski definition) is 2. The van der Waals surface area contributed by atoms with Crippen molar-refractivity contribution in [2.75, 3.05) is 32.8 Å². The molecule has 2 N–H and O–H groups in total. The first-order valence-corrected chi connectivity index (χ1v) is 8.39. The van der Waals surface area contributed by atoms with Crippen molar-refractivity contribution in [3.05, 3.63) is 0 Å². The molecule has 21 heavy (non-hydrogen) atoms. The number of aliphatic carboxylic acids is 1. The van der Waals surface area contributed by atoms with Crippen LogP contribution in [-0.4, -0.2) is 60.4 Å². The number of ether oxygens (including phenoxy) is 1. The van der Waals surface area contributed by atoms with Crippen LogP contribution < -0.4 is 5.32 Å². The molecule has 0 aliphatic heterocycles. The summed E-state index contributed by atoms with van der Waals surface area (Å²) in [7, 11) is 0. The van der Waals surface area contributed by atoms with E-state index in [4.69, 9.17) is 4.74 Å². The van der Waals surface area contributed by atoms with Crippen molar-refractivity contribution in [1.29, 1.82) is 0 Å². The van der Waals surface area contributed by atoms with E-state index in [1.165, 1.54) is 0 Å². The van der Waals surface area contributed by atoms with Crippen molar-refractivity contribution >= 4 is 5.97 Å². The maximum absolute atomic E-state index is 11.8. The zero-order chi connectivity index (χ0) is 15.7. The quantitative estimate of drug-likeness (QED) is 0.605. The molecule has 1 rings (SSSR count). The van der Waals surface area contributed by atoms with E-state index in [1.54, 1.807) is 0 Å². The van der Waals surface area contributed by atoms with Crippen LogP contribution in [0.4, 0.5) is 0 Å². The fourth-order valence-electron chi connectivity index (χ4n) is 3.28. The molecule has 1 saturated carbocycles. The highest BCUT2D eigenvalue weighted by Gasteiger charge is 2.43. The van der Waals surface area contributed by atoms with E-state index >= 15 is 0 Å². The van der Waals surface area contributed by atoms with E-state index in [9.17, 15) is 9.90 Å². The third kappa shape index (κ3) is 5.24. The molecule has 0 spiro atoms. The predicted molar refractivity (Wildman–Crippen MR) is 84.7 cm³/mol. The topological polar surface area (TPSA) is 61.8 Å². The highest BCUT2D eigenvalue weighted by molar-refractivity contribution is 5.79. The molecule has 0 saturated heterocycles. The molecule has 0 aromatic rings. The van der Waals surface area contributed by atoms with Gasteiger partial charge in [-0.2, -0.15) is 0 Å². The van der Waals surface area contributed by atoms with Crippen LogP contribution in [-0.2, 0) is 9.53 Å². The first kappa shape index (κ1) is 18.4. The van der Waals surface area contributed by atoms with Crippen molar-refractivity contribution in [2.24, 2.45) is 0 Å². The SMILES string of the molecule is CCCNC1(C(=O)O)CCCC(N(CC)CCOCC)C1. The van der Waals surface area contributed by atoms with E-state index in [0.717, 1.165) is 58.5 Å². The van der Waals surface area contributed by atoms with Gasteiger partial charge in [0.15, 0.2) is 0 Å². The molecule has 0 radical (unpaired) electrons. The van der Waals surface area contributed by atoms with E-state index < -0.39 is 11.5 Å². The molecule has 0 heterocycles. The highest BCUT2D eigenvalue weighted by Crippen LogP contribution is 2.31. The van der Waals surface area contributed by atoms with Crippen LogP contribution in [0.3, 0.4) is 0 Å². The average molecular weight is 300 g/mol. The number of carboxylic acid groups (broad SMARTS) is 1. The van der Waals surface area contributed by atoms with Gasteiger partial charge >= 0.3 is 5.97 Å². The second kappa shape index (κ2) is 9.38. The number of nitrogens with zero attached hydrogens (tertiary/aromatic N) is 1. The number of carboxylic acids is 1. The summed E-state index contributed by atoms with van der Waals surface area (Å²) >= 11 is 0. The molecule has 1 fully saturated rings. The van der Waals surface area contributed by atoms with Gasteiger partial charge in [0.1, 0.15) is 5.54 Å². The molecule has 1 aliphatic carbocycles. The van der Waals surface area contributed by atoms with Gasteiger partial charge in [0.2, 0.25) is 0 Å². The van der Waals surface area contributed by atoms with Crippen LogP contribution in [0, 0.1) is 0 Å². The Labute approximate surface area is 129 Å².